The number of hydrogen-bond acceptors (Lipinski definition) is 4. The number of carbonyl (C=O) groups excluding carboxylic acids is 2. The first-order valence-corrected chi connectivity index (χ1v) is 9.31. The quantitative estimate of drug-likeness (QED) is 0.847. The van der Waals surface area contributed by atoms with Crippen molar-refractivity contribution >= 4 is 23.4 Å². The molecule has 0 radical (unpaired) electrons. The molecule has 1 saturated heterocycles. The lowest BCUT2D eigenvalue weighted by molar-refractivity contribution is -0.135. The van der Waals surface area contributed by atoms with Gasteiger partial charge in [0.1, 0.15) is 5.75 Å². The third kappa shape index (κ3) is 4.83. The van der Waals surface area contributed by atoms with E-state index >= 15 is 0 Å². The molecule has 3 rings (SSSR count). The molecule has 27 heavy (non-hydrogen) atoms. The number of halogens is 1. The van der Waals surface area contributed by atoms with E-state index in [4.69, 9.17) is 20.8 Å². The third-order valence-electron chi connectivity index (χ3n) is 4.58. The zero-order valence-electron chi connectivity index (χ0n) is 15.4. The summed E-state index contributed by atoms with van der Waals surface area (Å²) < 4.78 is 11.0. The highest BCUT2D eigenvalue weighted by Crippen LogP contribution is 2.22. The van der Waals surface area contributed by atoms with Gasteiger partial charge in [0.15, 0.2) is 11.4 Å². The van der Waals surface area contributed by atoms with Gasteiger partial charge in [0.2, 0.25) is 0 Å². The number of hydrogen-bond donors (Lipinski definition) is 1. The van der Waals surface area contributed by atoms with Crippen LogP contribution in [0, 0.1) is 0 Å². The lowest BCUT2D eigenvalue weighted by Crippen LogP contribution is -2.53. The number of benzene rings is 1. The second-order valence-corrected chi connectivity index (χ2v) is 7.52. The van der Waals surface area contributed by atoms with Crippen molar-refractivity contribution in [1.29, 1.82) is 0 Å². The summed E-state index contributed by atoms with van der Waals surface area (Å²) in [5.41, 5.74) is -1.02. The normalized spacial score (nSPS) is 15.4. The van der Waals surface area contributed by atoms with E-state index in [1.807, 2.05) is 0 Å². The van der Waals surface area contributed by atoms with Gasteiger partial charge < -0.3 is 19.4 Å². The van der Waals surface area contributed by atoms with Crippen LogP contribution in [0.15, 0.2) is 47.1 Å². The Morgan fingerprint density at radius 1 is 1.19 bits per heavy atom. The van der Waals surface area contributed by atoms with Gasteiger partial charge >= 0.3 is 0 Å². The van der Waals surface area contributed by atoms with Gasteiger partial charge in [0, 0.05) is 24.2 Å². The van der Waals surface area contributed by atoms with Crippen molar-refractivity contribution in [2.24, 2.45) is 0 Å². The maximum Gasteiger partial charge on any atom is 0.289 e. The van der Waals surface area contributed by atoms with E-state index in [0.717, 1.165) is 0 Å². The van der Waals surface area contributed by atoms with Crippen molar-refractivity contribution in [1.82, 2.24) is 10.2 Å². The minimum atomic E-state index is -1.02. The molecule has 0 spiro atoms. The monoisotopic (exact) mass is 390 g/mol. The Morgan fingerprint density at radius 3 is 2.44 bits per heavy atom. The molecule has 2 aromatic rings. The molecule has 0 atom stereocenters. The molecule has 144 valence electrons. The average molecular weight is 391 g/mol. The van der Waals surface area contributed by atoms with E-state index in [1.165, 1.54) is 6.26 Å². The summed E-state index contributed by atoms with van der Waals surface area (Å²) in [6.07, 6.45) is 2.87. The van der Waals surface area contributed by atoms with Crippen LogP contribution >= 0.6 is 11.6 Å². The number of likely N-dealkylation sites (tertiary alicyclic amines) is 1. The van der Waals surface area contributed by atoms with Crippen LogP contribution in [0.1, 0.15) is 37.2 Å². The van der Waals surface area contributed by atoms with Crippen molar-refractivity contribution in [3.8, 4) is 5.75 Å². The lowest BCUT2D eigenvalue weighted by Gasteiger charge is -2.34. The van der Waals surface area contributed by atoms with Gasteiger partial charge in [-0.1, -0.05) is 11.6 Å². The van der Waals surface area contributed by atoms with E-state index < -0.39 is 5.60 Å². The number of rotatable bonds is 5. The third-order valence-corrected chi connectivity index (χ3v) is 4.83. The Bertz CT molecular complexity index is 779. The molecule has 1 N–H and O–H groups in total. The van der Waals surface area contributed by atoms with Gasteiger partial charge in [-0.2, -0.15) is 0 Å². The van der Waals surface area contributed by atoms with Crippen molar-refractivity contribution in [3.63, 3.8) is 0 Å². The number of nitrogens with zero attached hydrogens (tertiary/aromatic N) is 1. The fourth-order valence-corrected chi connectivity index (χ4v) is 3.11. The summed E-state index contributed by atoms with van der Waals surface area (Å²) >= 11 is 5.87. The topological polar surface area (TPSA) is 71.8 Å². The number of nitrogens with one attached hydrogen (secondary N) is 1. The van der Waals surface area contributed by atoms with Crippen LogP contribution in [0.5, 0.6) is 5.75 Å². The summed E-state index contributed by atoms with van der Waals surface area (Å²) in [6.45, 7) is 4.60. The Morgan fingerprint density at radius 2 is 1.85 bits per heavy atom. The van der Waals surface area contributed by atoms with Crippen molar-refractivity contribution < 1.29 is 18.7 Å². The molecule has 1 fully saturated rings. The van der Waals surface area contributed by atoms with Gasteiger partial charge in [0.05, 0.1) is 6.26 Å². The Balaban J connectivity index is 1.51. The standard InChI is InChI=1S/C20H23ClN2O4/c1-20(2,27-16-7-5-14(21)6-8-16)19(25)22-15-9-11-23(12-10-15)18(24)17-4-3-13-26-17/h3-8,13,15H,9-12H2,1-2H3,(H,22,25). The van der Waals surface area contributed by atoms with Gasteiger partial charge in [-0.25, -0.2) is 0 Å². The first kappa shape index (κ1) is 19.3. The molecule has 2 heterocycles. The van der Waals surface area contributed by atoms with E-state index in [0.29, 0.717) is 42.5 Å². The number of piperidine rings is 1. The minimum Gasteiger partial charge on any atom is -0.478 e. The van der Waals surface area contributed by atoms with Crippen LogP contribution in [0.3, 0.4) is 0 Å². The van der Waals surface area contributed by atoms with Crippen LogP contribution in [0.2, 0.25) is 5.02 Å². The number of amides is 2. The van der Waals surface area contributed by atoms with E-state index in [9.17, 15) is 9.59 Å². The average Bonchev–Trinajstić information content (AvgIpc) is 3.18. The highest BCUT2D eigenvalue weighted by molar-refractivity contribution is 6.30. The van der Waals surface area contributed by atoms with Crippen LogP contribution in [-0.2, 0) is 4.79 Å². The molecule has 1 aliphatic rings. The fourth-order valence-electron chi connectivity index (χ4n) is 2.99. The van der Waals surface area contributed by atoms with Crippen molar-refractivity contribution in [2.75, 3.05) is 13.1 Å². The van der Waals surface area contributed by atoms with Gasteiger partial charge in [-0.05, 0) is 63.1 Å². The first-order chi connectivity index (χ1) is 12.8. The molecule has 1 aromatic carbocycles. The molecular weight excluding hydrogens is 368 g/mol. The molecule has 1 aromatic heterocycles. The van der Waals surface area contributed by atoms with Crippen LogP contribution < -0.4 is 10.1 Å². The van der Waals surface area contributed by atoms with E-state index in [2.05, 4.69) is 5.32 Å². The summed E-state index contributed by atoms with van der Waals surface area (Å²) in [7, 11) is 0. The Kier molecular flexibility index (Phi) is 5.75. The van der Waals surface area contributed by atoms with Crippen LogP contribution in [0.4, 0.5) is 0 Å². The molecule has 7 heteroatoms. The van der Waals surface area contributed by atoms with Crippen LogP contribution in [0.25, 0.3) is 0 Å². The second kappa shape index (κ2) is 8.05. The van der Waals surface area contributed by atoms with Crippen molar-refractivity contribution in [2.45, 2.75) is 38.3 Å². The van der Waals surface area contributed by atoms with Gasteiger partial charge in [0.25, 0.3) is 11.8 Å². The summed E-state index contributed by atoms with van der Waals surface area (Å²) in [5, 5.41) is 3.65. The number of carbonyl (C=O) groups is 2. The first-order valence-electron chi connectivity index (χ1n) is 8.93. The van der Waals surface area contributed by atoms with E-state index in [-0.39, 0.29) is 17.9 Å². The SMILES string of the molecule is CC(C)(Oc1ccc(Cl)cc1)C(=O)NC1CCN(C(=O)c2ccco2)CC1. The second-order valence-electron chi connectivity index (χ2n) is 7.08. The van der Waals surface area contributed by atoms with Gasteiger partial charge in [-0.3, -0.25) is 9.59 Å². The maximum atomic E-state index is 12.6. The molecular formula is C20H23ClN2O4. The Labute approximate surface area is 163 Å². The van der Waals surface area contributed by atoms with Crippen molar-refractivity contribution in [3.05, 3.63) is 53.4 Å². The van der Waals surface area contributed by atoms with Crippen LogP contribution in [-0.4, -0.2) is 41.4 Å². The smallest absolute Gasteiger partial charge is 0.289 e. The fraction of sp³-hybridized carbons (Fsp3) is 0.400. The van der Waals surface area contributed by atoms with E-state index in [1.54, 1.807) is 55.1 Å². The summed E-state index contributed by atoms with van der Waals surface area (Å²) in [5.74, 6) is 0.623. The zero-order valence-corrected chi connectivity index (χ0v) is 16.2. The number of furan rings is 1. The maximum absolute atomic E-state index is 12.6. The summed E-state index contributed by atoms with van der Waals surface area (Å²) in [4.78, 5) is 26.7. The molecule has 6 nitrogen and oxygen atoms in total. The highest BCUT2D eigenvalue weighted by atomic mass is 35.5. The molecule has 0 saturated carbocycles. The van der Waals surface area contributed by atoms with Gasteiger partial charge in [-0.15, -0.1) is 0 Å². The molecule has 1 aliphatic heterocycles. The zero-order chi connectivity index (χ0) is 19.4. The molecule has 2 amide bonds. The summed E-state index contributed by atoms with van der Waals surface area (Å²) in [6, 6.07) is 10.3. The highest BCUT2D eigenvalue weighted by Gasteiger charge is 2.33. The molecule has 0 unspecified atom stereocenters. The predicted octanol–water partition coefficient (Wildman–Crippen LogP) is 3.51. The minimum absolute atomic E-state index is 0.00578. The molecule has 0 bridgehead atoms. The molecule has 0 aliphatic carbocycles. The predicted molar refractivity (Wildman–Crippen MR) is 102 cm³/mol. The Hall–Kier alpha value is -2.47. The number of ether oxygens (including phenoxy) is 1. The lowest BCUT2D eigenvalue weighted by atomic mass is 10.0. The largest absolute Gasteiger partial charge is 0.478 e.